The van der Waals surface area contributed by atoms with E-state index >= 15 is 0 Å². The molecule has 1 amide bonds. The predicted octanol–water partition coefficient (Wildman–Crippen LogP) is 3.04. The van der Waals surface area contributed by atoms with Crippen molar-refractivity contribution in [2.24, 2.45) is 14.1 Å². The molecule has 0 radical (unpaired) electrons. The molecule has 0 fully saturated rings. The fourth-order valence-corrected chi connectivity index (χ4v) is 3.42. The molecule has 126 valence electrons. The molecule has 0 bridgehead atoms. The van der Waals surface area contributed by atoms with Gasteiger partial charge in [0.15, 0.2) is 0 Å². The summed E-state index contributed by atoms with van der Waals surface area (Å²) < 4.78 is 4.11. The third-order valence-corrected chi connectivity index (χ3v) is 4.72. The molecule has 0 atom stereocenters. The molecule has 5 heteroatoms. The van der Waals surface area contributed by atoms with Crippen LogP contribution in [0, 0.1) is 0 Å². The number of rotatable bonds is 4. The van der Waals surface area contributed by atoms with Crippen molar-refractivity contribution < 1.29 is 4.79 Å². The van der Waals surface area contributed by atoms with Crippen molar-refractivity contribution in [3.63, 3.8) is 0 Å². The lowest BCUT2D eigenvalue weighted by Crippen LogP contribution is -2.27. The van der Waals surface area contributed by atoms with Crippen LogP contribution in [0.3, 0.4) is 0 Å². The molecule has 0 saturated carbocycles. The summed E-state index contributed by atoms with van der Waals surface area (Å²) in [5.41, 5.74) is 4.98. The number of amides is 1. The average Bonchev–Trinajstić information content (AvgIpc) is 3.12. The standard InChI is InChI=1S/C20H20N4O/c1-23-16-9-4-3-8-15(16)19-17(23)13-18(24(19)2)20(25)22-12-10-14-7-5-6-11-21-14/h3-9,11,13H,10,12H2,1-2H3,(H,22,25). The van der Waals surface area contributed by atoms with Crippen LogP contribution in [-0.2, 0) is 20.5 Å². The molecule has 0 aliphatic heterocycles. The summed E-state index contributed by atoms with van der Waals surface area (Å²) in [5, 5.41) is 4.16. The maximum Gasteiger partial charge on any atom is 0.268 e. The van der Waals surface area contributed by atoms with Crippen LogP contribution < -0.4 is 5.32 Å². The number of nitrogens with one attached hydrogen (secondary N) is 1. The van der Waals surface area contributed by atoms with E-state index < -0.39 is 0 Å². The first-order valence-electron chi connectivity index (χ1n) is 8.38. The first kappa shape index (κ1) is 15.4. The number of pyridine rings is 1. The van der Waals surface area contributed by atoms with Crippen LogP contribution in [0.1, 0.15) is 16.2 Å². The first-order chi connectivity index (χ1) is 12.2. The van der Waals surface area contributed by atoms with E-state index in [9.17, 15) is 4.79 Å². The largest absolute Gasteiger partial charge is 0.350 e. The summed E-state index contributed by atoms with van der Waals surface area (Å²) in [6.45, 7) is 0.568. The molecule has 3 aromatic heterocycles. The first-order valence-corrected chi connectivity index (χ1v) is 8.38. The minimum Gasteiger partial charge on any atom is -0.350 e. The highest BCUT2D eigenvalue weighted by molar-refractivity contribution is 6.10. The number of hydrogen-bond acceptors (Lipinski definition) is 2. The van der Waals surface area contributed by atoms with Gasteiger partial charge >= 0.3 is 0 Å². The number of fused-ring (bicyclic) bond motifs is 3. The van der Waals surface area contributed by atoms with Crippen LogP contribution in [0.4, 0.5) is 0 Å². The van der Waals surface area contributed by atoms with Crippen LogP contribution in [0.15, 0.2) is 54.7 Å². The summed E-state index contributed by atoms with van der Waals surface area (Å²) >= 11 is 0. The zero-order valence-electron chi connectivity index (χ0n) is 14.4. The van der Waals surface area contributed by atoms with Gasteiger partial charge in [-0.2, -0.15) is 0 Å². The van der Waals surface area contributed by atoms with Crippen LogP contribution in [-0.4, -0.2) is 26.6 Å². The Morgan fingerprint density at radius 3 is 2.64 bits per heavy atom. The Hall–Kier alpha value is -3.08. The molecule has 0 saturated heterocycles. The SMILES string of the molecule is Cn1c(C(=O)NCCc2ccccn2)cc2c1c1ccccc1n2C. The Labute approximate surface area is 145 Å². The van der Waals surface area contributed by atoms with Crippen molar-refractivity contribution in [3.8, 4) is 0 Å². The summed E-state index contributed by atoms with van der Waals surface area (Å²) in [5.74, 6) is -0.0567. The van der Waals surface area contributed by atoms with Gasteiger partial charge in [0.25, 0.3) is 5.91 Å². The van der Waals surface area contributed by atoms with E-state index in [1.807, 2.05) is 55.1 Å². The van der Waals surface area contributed by atoms with Crippen molar-refractivity contribution in [1.82, 2.24) is 19.4 Å². The number of carbonyl (C=O) groups is 1. The minimum atomic E-state index is -0.0567. The highest BCUT2D eigenvalue weighted by Crippen LogP contribution is 2.30. The Kier molecular flexibility index (Phi) is 3.76. The van der Waals surface area contributed by atoms with Gasteiger partial charge in [-0.25, -0.2) is 0 Å². The quantitative estimate of drug-likeness (QED) is 0.624. The maximum absolute atomic E-state index is 12.6. The van der Waals surface area contributed by atoms with E-state index in [1.165, 1.54) is 5.52 Å². The Balaban J connectivity index is 1.60. The highest BCUT2D eigenvalue weighted by atomic mass is 16.1. The molecular formula is C20H20N4O. The zero-order chi connectivity index (χ0) is 17.4. The fraction of sp³-hybridized carbons (Fsp3) is 0.200. The summed E-state index contributed by atoms with van der Waals surface area (Å²) in [7, 11) is 3.98. The van der Waals surface area contributed by atoms with Crippen molar-refractivity contribution in [1.29, 1.82) is 0 Å². The van der Waals surface area contributed by atoms with Gasteiger partial charge in [-0.15, -0.1) is 0 Å². The molecule has 4 rings (SSSR count). The summed E-state index contributed by atoms with van der Waals surface area (Å²) in [6, 6.07) is 16.0. The molecule has 4 aromatic rings. The van der Waals surface area contributed by atoms with Crippen LogP contribution in [0.25, 0.3) is 21.9 Å². The van der Waals surface area contributed by atoms with E-state index in [2.05, 4.69) is 27.0 Å². The predicted molar refractivity (Wildman–Crippen MR) is 99.7 cm³/mol. The Bertz CT molecular complexity index is 1060. The van der Waals surface area contributed by atoms with Gasteiger partial charge in [0.05, 0.1) is 16.6 Å². The third-order valence-electron chi connectivity index (χ3n) is 4.72. The van der Waals surface area contributed by atoms with Gasteiger partial charge in [0, 0.05) is 44.3 Å². The van der Waals surface area contributed by atoms with Gasteiger partial charge in [0.1, 0.15) is 5.69 Å². The topological polar surface area (TPSA) is 51.9 Å². The number of aryl methyl sites for hydroxylation is 2. The van der Waals surface area contributed by atoms with E-state index in [0.29, 0.717) is 12.2 Å². The van der Waals surface area contributed by atoms with Gasteiger partial charge in [-0.3, -0.25) is 9.78 Å². The lowest BCUT2D eigenvalue weighted by Gasteiger charge is -2.07. The molecule has 1 N–H and O–H groups in total. The molecule has 1 aromatic carbocycles. The molecule has 3 heterocycles. The maximum atomic E-state index is 12.6. The smallest absolute Gasteiger partial charge is 0.268 e. The van der Waals surface area contributed by atoms with Crippen LogP contribution in [0.5, 0.6) is 0 Å². The molecule has 5 nitrogen and oxygen atoms in total. The Morgan fingerprint density at radius 2 is 1.84 bits per heavy atom. The van der Waals surface area contributed by atoms with Crippen molar-refractivity contribution in [2.45, 2.75) is 6.42 Å². The second-order valence-corrected chi connectivity index (χ2v) is 6.23. The average molecular weight is 332 g/mol. The van der Waals surface area contributed by atoms with E-state index in [0.717, 1.165) is 28.5 Å². The number of aromatic nitrogens is 3. The molecular weight excluding hydrogens is 312 g/mol. The van der Waals surface area contributed by atoms with Gasteiger partial charge in [-0.1, -0.05) is 24.3 Å². The number of benzene rings is 1. The van der Waals surface area contributed by atoms with Crippen LogP contribution in [0.2, 0.25) is 0 Å². The number of hydrogen-bond donors (Lipinski definition) is 1. The summed E-state index contributed by atoms with van der Waals surface area (Å²) in [6.07, 6.45) is 2.49. The van der Waals surface area contributed by atoms with Gasteiger partial charge in [0.2, 0.25) is 0 Å². The van der Waals surface area contributed by atoms with Crippen molar-refractivity contribution in [3.05, 3.63) is 66.1 Å². The Morgan fingerprint density at radius 1 is 1.04 bits per heavy atom. The molecule has 25 heavy (non-hydrogen) atoms. The summed E-state index contributed by atoms with van der Waals surface area (Å²) in [4.78, 5) is 16.9. The second-order valence-electron chi connectivity index (χ2n) is 6.23. The normalized spacial score (nSPS) is 11.3. The van der Waals surface area contributed by atoms with E-state index in [-0.39, 0.29) is 5.91 Å². The third kappa shape index (κ3) is 2.58. The fourth-order valence-electron chi connectivity index (χ4n) is 3.42. The molecule has 0 aliphatic carbocycles. The van der Waals surface area contributed by atoms with Gasteiger partial charge < -0.3 is 14.5 Å². The number of carbonyl (C=O) groups excluding carboxylic acids is 1. The minimum absolute atomic E-state index is 0.0567. The van der Waals surface area contributed by atoms with Crippen molar-refractivity contribution >= 4 is 27.8 Å². The monoisotopic (exact) mass is 332 g/mol. The van der Waals surface area contributed by atoms with Gasteiger partial charge in [-0.05, 0) is 24.3 Å². The lowest BCUT2D eigenvalue weighted by atomic mass is 10.2. The van der Waals surface area contributed by atoms with Crippen LogP contribution >= 0.6 is 0 Å². The van der Waals surface area contributed by atoms with E-state index in [4.69, 9.17) is 0 Å². The molecule has 0 spiro atoms. The molecule has 0 unspecified atom stereocenters. The zero-order valence-corrected chi connectivity index (χ0v) is 14.4. The van der Waals surface area contributed by atoms with E-state index in [1.54, 1.807) is 6.20 Å². The number of nitrogens with zero attached hydrogens (tertiary/aromatic N) is 3. The van der Waals surface area contributed by atoms with Crippen molar-refractivity contribution in [2.75, 3.05) is 6.54 Å². The molecule has 0 aliphatic rings. The highest BCUT2D eigenvalue weighted by Gasteiger charge is 2.18. The second kappa shape index (κ2) is 6.09. The number of para-hydroxylation sites is 1. The lowest BCUT2D eigenvalue weighted by molar-refractivity contribution is 0.0946.